The SMILES string of the molecule is COc1cccc(N2CCN(c3ccnc(SCC(=O)Nc4cccc(Cl)c4)n3)CC2)c1. The van der Waals surface area contributed by atoms with Gasteiger partial charge in [0.2, 0.25) is 5.91 Å². The number of ether oxygens (including phenoxy) is 1. The molecule has 0 radical (unpaired) electrons. The number of methoxy groups -OCH3 is 1. The van der Waals surface area contributed by atoms with Gasteiger partial charge >= 0.3 is 0 Å². The van der Waals surface area contributed by atoms with Crippen LogP contribution in [-0.4, -0.2) is 54.9 Å². The number of carbonyl (C=O) groups excluding carboxylic acids is 1. The largest absolute Gasteiger partial charge is 0.497 e. The van der Waals surface area contributed by atoms with Gasteiger partial charge in [0.15, 0.2) is 5.16 Å². The van der Waals surface area contributed by atoms with Gasteiger partial charge in [-0.15, -0.1) is 0 Å². The Morgan fingerprint density at radius 1 is 1.09 bits per heavy atom. The van der Waals surface area contributed by atoms with Crippen LogP contribution in [0.2, 0.25) is 5.02 Å². The van der Waals surface area contributed by atoms with Crippen molar-refractivity contribution in [3.63, 3.8) is 0 Å². The second-order valence-corrected chi connectivity index (χ2v) is 8.60. The lowest BCUT2D eigenvalue weighted by atomic mass is 10.2. The summed E-state index contributed by atoms with van der Waals surface area (Å²) < 4.78 is 5.34. The van der Waals surface area contributed by atoms with Crippen molar-refractivity contribution in [2.24, 2.45) is 0 Å². The van der Waals surface area contributed by atoms with Crippen LogP contribution in [0.3, 0.4) is 0 Å². The van der Waals surface area contributed by atoms with Crippen molar-refractivity contribution >= 4 is 46.5 Å². The molecule has 0 aliphatic carbocycles. The number of aromatic nitrogens is 2. The van der Waals surface area contributed by atoms with Crippen LogP contribution in [0.4, 0.5) is 17.2 Å². The zero-order valence-corrected chi connectivity index (χ0v) is 19.3. The number of hydrogen-bond donors (Lipinski definition) is 1. The van der Waals surface area contributed by atoms with E-state index in [1.165, 1.54) is 11.8 Å². The van der Waals surface area contributed by atoms with E-state index in [0.29, 0.717) is 15.9 Å². The molecule has 0 unspecified atom stereocenters. The fourth-order valence-corrected chi connectivity index (χ4v) is 4.29. The number of benzene rings is 2. The van der Waals surface area contributed by atoms with Crippen molar-refractivity contribution < 1.29 is 9.53 Å². The van der Waals surface area contributed by atoms with Crippen molar-refractivity contribution in [1.29, 1.82) is 0 Å². The third-order valence-electron chi connectivity index (χ3n) is 5.08. The summed E-state index contributed by atoms with van der Waals surface area (Å²) in [6, 6.07) is 17.1. The number of nitrogens with one attached hydrogen (secondary N) is 1. The van der Waals surface area contributed by atoms with E-state index in [1.807, 2.05) is 18.2 Å². The van der Waals surface area contributed by atoms with Gasteiger partial charge in [0.1, 0.15) is 11.6 Å². The Balaban J connectivity index is 1.31. The molecule has 32 heavy (non-hydrogen) atoms. The number of anilines is 3. The Morgan fingerprint density at radius 3 is 2.66 bits per heavy atom. The quantitative estimate of drug-likeness (QED) is 0.410. The number of carbonyl (C=O) groups is 1. The molecule has 1 saturated heterocycles. The van der Waals surface area contributed by atoms with Gasteiger partial charge in [-0.05, 0) is 36.4 Å². The molecule has 0 saturated carbocycles. The summed E-state index contributed by atoms with van der Waals surface area (Å²) in [6.07, 6.45) is 1.74. The summed E-state index contributed by atoms with van der Waals surface area (Å²) in [4.78, 5) is 25.8. The van der Waals surface area contributed by atoms with Crippen molar-refractivity contribution in [3.05, 3.63) is 65.8 Å². The first-order valence-electron chi connectivity index (χ1n) is 10.3. The van der Waals surface area contributed by atoms with E-state index in [1.54, 1.807) is 37.6 Å². The topological polar surface area (TPSA) is 70.6 Å². The molecule has 4 rings (SSSR count). The van der Waals surface area contributed by atoms with Gasteiger partial charge in [-0.2, -0.15) is 0 Å². The minimum Gasteiger partial charge on any atom is -0.497 e. The first-order chi connectivity index (χ1) is 15.6. The Bertz CT molecular complexity index is 1080. The van der Waals surface area contributed by atoms with Gasteiger partial charge in [-0.3, -0.25) is 4.79 Å². The first kappa shape index (κ1) is 22.2. The third-order valence-corrected chi connectivity index (χ3v) is 6.18. The van der Waals surface area contributed by atoms with E-state index in [-0.39, 0.29) is 11.7 Å². The highest BCUT2D eigenvalue weighted by Crippen LogP contribution is 2.24. The Kier molecular flexibility index (Phi) is 7.34. The molecule has 7 nitrogen and oxygen atoms in total. The van der Waals surface area contributed by atoms with Gasteiger partial charge < -0.3 is 19.9 Å². The van der Waals surface area contributed by atoms with Crippen LogP contribution < -0.4 is 19.9 Å². The summed E-state index contributed by atoms with van der Waals surface area (Å²) >= 11 is 7.27. The highest BCUT2D eigenvalue weighted by molar-refractivity contribution is 7.99. The van der Waals surface area contributed by atoms with Crippen LogP contribution in [-0.2, 0) is 4.79 Å². The van der Waals surface area contributed by atoms with E-state index in [9.17, 15) is 4.79 Å². The van der Waals surface area contributed by atoms with Crippen molar-refractivity contribution in [2.45, 2.75) is 5.16 Å². The van der Waals surface area contributed by atoms with E-state index in [4.69, 9.17) is 16.3 Å². The summed E-state index contributed by atoms with van der Waals surface area (Å²) in [7, 11) is 1.68. The maximum atomic E-state index is 12.2. The van der Waals surface area contributed by atoms with Crippen molar-refractivity contribution in [3.8, 4) is 5.75 Å². The maximum absolute atomic E-state index is 12.2. The average molecular weight is 470 g/mol. The number of hydrogen-bond acceptors (Lipinski definition) is 7. The van der Waals surface area contributed by atoms with Crippen LogP contribution in [0.5, 0.6) is 5.75 Å². The minimum absolute atomic E-state index is 0.127. The molecule has 1 aromatic heterocycles. The highest BCUT2D eigenvalue weighted by atomic mass is 35.5. The van der Waals surface area contributed by atoms with E-state index >= 15 is 0 Å². The Hall–Kier alpha value is -2.97. The summed E-state index contributed by atoms with van der Waals surface area (Å²) in [5.74, 6) is 1.84. The molecular weight excluding hydrogens is 446 g/mol. The maximum Gasteiger partial charge on any atom is 0.234 e. The van der Waals surface area contributed by atoms with Crippen molar-refractivity contribution in [2.75, 3.05) is 54.2 Å². The zero-order valence-electron chi connectivity index (χ0n) is 17.7. The normalized spacial score (nSPS) is 13.7. The number of nitrogens with zero attached hydrogens (tertiary/aromatic N) is 4. The van der Waals surface area contributed by atoms with Gasteiger partial charge in [-0.25, -0.2) is 9.97 Å². The third kappa shape index (κ3) is 5.83. The lowest BCUT2D eigenvalue weighted by Gasteiger charge is -2.36. The van der Waals surface area contributed by atoms with E-state index in [0.717, 1.165) is 43.4 Å². The number of rotatable bonds is 7. The Morgan fingerprint density at radius 2 is 1.88 bits per heavy atom. The zero-order chi connectivity index (χ0) is 22.3. The highest BCUT2D eigenvalue weighted by Gasteiger charge is 2.19. The van der Waals surface area contributed by atoms with Gasteiger partial charge in [0, 0.05) is 54.8 Å². The molecule has 1 N–H and O–H groups in total. The lowest BCUT2D eigenvalue weighted by Crippen LogP contribution is -2.46. The molecule has 3 aromatic rings. The molecule has 166 valence electrons. The molecule has 1 aliphatic rings. The molecule has 9 heteroatoms. The predicted octanol–water partition coefficient (Wildman–Crippen LogP) is 4.20. The molecule has 0 atom stereocenters. The monoisotopic (exact) mass is 469 g/mol. The van der Waals surface area contributed by atoms with Crippen LogP contribution in [0, 0.1) is 0 Å². The van der Waals surface area contributed by atoms with Crippen LogP contribution in [0.15, 0.2) is 66.0 Å². The molecule has 1 aliphatic heterocycles. The lowest BCUT2D eigenvalue weighted by molar-refractivity contribution is -0.113. The molecule has 0 spiro atoms. The molecule has 1 amide bonds. The van der Waals surface area contributed by atoms with Crippen molar-refractivity contribution in [1.82, 2.24) is 9.97 Å². The number of thioether (sulfide) groups is 1. The number of halogens is 1. The summed E-state index contributed by atoms with van der Waals surface area (Å²) in [5, 5.41) is 4.00. The first-order valence-corrected chi connectivity index (χ1v) is 11.6. The predicted molar refractivity (Wildman–Crippen MR) is 130 cm³/mol. The summed E-state index contributed by atoms with van der Waals surface area (Å²) in [5.41, 5.74) is 1.83. The van der Waals surface area contributed by atoms with E-state index < -0.39 is 0 Å². The smallest absolute Gasteiger partial charge is 0.234 e. The van der Waals surface area contributed by atoms with Crippen LogP contribution in [0.25, 0.3) is 0 Å². The van der Waals surface area contributed by atoms with Gasteiger partial charge in [-0.1, -0.05) is 35.5 Å². The van der Waals surface area contributed by atoms with E-state index in [2.05, 4.69) is 37.2 Å². The van der Waals surface area contributed by atoms with Crippen LogP contribution >= 0.6 is 23.4 Å². The second-order valence-electron chi connectivity index (χ2n) is 7.22. The minimum atomic E-state index is -0.127. The standard InChI is InChI=1S/C23H24ClN5O2S/c1-31-20-7-3-6-19(15-20)28-10-12-29(13-11-28)21-8-9-25-23(27-21)32-16-22(30)26-18-5-2-4-17(24)14-18/h2-9,14-15H,10-13,16H2,1H3,(H,26,30). The molecule has 2 aromatic carbocycles. The fourth-order valence-electron chi connectivity index (χ4n) is 3.47. The van der Waals surface area contributed by atoms with Gasteiger partial charge in [0.25, 0.3) is 0 Å². The van der Waals surface area contributed by atoms with Gasteiger partial charge in [0.05, 0.1) is 12.9 Å². The molecule has 0 bridgehead atoms. The van der Waals surface area contributed by atoms with Crippen LogP contribution in [0.1, 0.15) is 0 Å². The average Bonchev–Trinajstić information content (AvgIpc) is 2.83. The fraction of sp³-hybridized carbons (Fsp3) is 0.261. The molecular formula is C23H24ClN5O2S. The Labute approximate surface area is 196 Å². The summed E-state index contributed by atoms with van der Waals surface area (Å²) in [6.45, 7) is 3.49. The number of amides is 1. The molecule has 2 heterocycles. The number of piperazine rings is 1. The molecule has 1 fully saturated rings. The second kappa shape index (κ2) is 10.6.